The van der Waals surface area contributed by atoms with Crippen molar-refractivity contribution in [3.63, 3.8) is 0 Å². The van der Waals surface area contributed by atoms with Crippen molar-refractivity contribution in [2.45, 2.75) is 25.6 Å². The Morgan fingerprint density at radius 1 is 1.10 bits per heavy atom. The van der Waals surface area contributed by atoms with Gasteiger partial charge in [-0.3, -0.25) is 19.8 Å². The summed E-state index contributed by atoms with van der Waals surface area (Å²) in [5.41, 5.74) is -3.61. The zero-order chi connectivity index (χ0) is 21.7. The van der Waals surface area contributed by atoms with Gasteiger partial charge in [-0.2, -0.15) is 13.2 Å². The van der Waals surface area contributed by atoms with Gasteiger partial charge in [-0.05, 0) is 62.5 Å². The lowest BCUT2D eigenvalue weighted by Crippen LogP contribution is -2.44. The molecule has 7 nitrogen and oxygen atoms in total. The Morgan fingerprint density at radius 2 is 1.66 bits per heavy atom. The predicted molar refractivity (Wildman–Crippen MR) is 103 cm³/mol. The highest BCUT2D eigenvalue weighted by Crippen LogP contribution is 2.41. The maximum Gasteiger partial charge on any atom is 0.423 e. The Kier molecular flexibility index (Phi) is 4.74. The molecule has 3 rings (SSSR count). The van der Waals surface area contributed by atoms with E-state index in [1.165, 1.54) is 29.2 Å². The number of hydrogen-bond acceptors (Lipinski definition) is 5. The molecular formula is C18H14F3N3O4S. The van der Waals surface area contributed by atoms with E-state index >= 15 is 0 Å². The summed E-state index contributed by atoms with van der Waals surface area (Å²) in [7, 11) is 0. The van der Waals surface area contributed by atoms with E-state index in [2.05, 4.69) is 0 Å². The van der Waals surface area contributed by atoms with Gasteiger partial charge in [0.1, 0.15) is 16.9 Å². The first-order valence-corrected chi connectivity index (χ1v) is 8.60. The van der Waals surface area contributed by atoms with Crippen LogP contribution in [0.4, 0.5) is 30.2 Å². The van der Waals surface area contributed by atoms with Gasteiger partial charge in [-0.15, -0.1) is 0 Å². The highest BCUT2D eigenvalue weighted by atomic mass is 32.1. The zero-order valence-corrected chi connectivity index (χ0v) is 15.9. The Labute approximate surface area is 168 Å². The molecule has 1 heterocycles. The zero-order valence-electron chi connectivity index (χ0n) is 15.1. The van der Waals surface area contributed by atoms with Gasteiger partial charge in [0.25, 0.3) is 11.6 Å². The molecule has 0 unspecified atom stereocenters. The van der Waals surface area contributed by atoms with Crippen LogP contribution in [-0.4, -0.2) is 26.6 Å². The van der Waals surface area contributed by atoms with Crippen LogP contribution in [0.25, 0.3) is 0 Å². The Bertz CT molecular complexity index is 1020. The molecule has 1 N–H and O–H groups in total. The lowest BCUT2D eigenvalue weighted by Gasteiger charge is -2.29. The van der Waals surface area contributed by atoms with Crippen molar-refractivity contribution in [2.24, 2.45) is 0 Å². The number of carbonyl (C=O) groups is 1. The maximum absolute atomic E-state index is 13.3. The molecule has 0 bridgehead atoms. The number of alkyl halides is 3. The van der Waals surface area contributed by atoms with Crippen LogP contribution < -0.4 is 9.80 Å². The number of hydrogen-bond donors (Lipinski definition) is 1. The van der Waals surface area contributed by atoms with Crippen molar-refractivity contribution < 1.29 is 28.0 Å². The van der Waals surface area contributed by atoms with Crippen LogP contribution >= 0.6 is 12.2 Å². The molecule has 2 aromatic carbocycles. The van der Waals surface area contributed by atoms with Gasteiger partial charge in [0.15, 0.2) is 5.11 Å². The van der Waals surface area contributed by atoms with E-state index in [1.54, 1.807) is 13.8 Å². The number of anilines is 2. The van der Waals surface area contributed by atoms with Crippen molar-refractivity contribution in [2.75, 3.05) is 9.80 Å². The minimum absolute atomic E-state index is 0.00922. The second kappa shape index (κ2) is 6.69. The van der Waals surface area contributed by atoms with Gasteiger partial charge in [-0.1, -0.05) is 0 Å². The summed E-state index contributed by atoms with van der Waals surface area (Å²) in [6.45, 7) is 3.09. The molecule has 0 aromatic heterocycles. The van der Waals surface area contributed by atoms with Gasteiger partial charge in [0.2, 0.25) is 0 Å². The molecule has 1 aliphatic heterocycles. The van der Waals surface area contributed by atoms with Crippen molar-refractivity contribution >= 4 is 40.3 Å². The first-order valence-electron chi connectivity index (χ1n) is 8.19. The largest absolute Gasteiger partial charge is 0.508 e. The number of amides is 1. The van der Waals surface area contributed by atoms with Crippen molar-refractivity contribution in [3.05, 3.63) is 58.1 Å². The summed E-state index contributed by atoms with van der Waals surface area (Å²) >= 11 is 5.36. The molecule has 29 heavy (non-hydrogen) atoms. The van der Waals surface area contributed by atoms with Crippen molar-refractivity contribution in [1.29, 1.82) is 0 Å². The SMILES string of the molecule is CC1(C)C(=O)N(c2ccc([N+](=O)[O-])c(C(F)(F)F)c2)C(=S)N1c1ccc(O)cc1. The molecule has 0 aliphatic carbocycles. The molecule has 1 aliphatic rings. The Balaban J connectivity index is 2.12. The topological polar surface area (TPSA) is 86.9 Å². The highest BCUT2D eigenvalue weighted by Gasteiger charge is 2.51. The van der Waals surface area contributed by atoms with Crippen LogP contribution in [0.5, 0.6) is 5.75 Å². The number of nitrogens with zero attached hydrogens (tertiary/aromatic N) is 3. The van der Waals surface area contributed by atoms with Gasteiger partial charge in [0.05, 0.1) is 10.6 Å². The number of nitro benzene ring substituents is 1. The van der Waals surface area contributed by atoms with E-state index in [1.807, 2.05) is 0 Å². The van der Waals surface area contributed by atoms with Crippen LogP contribution in [0.3, 0.4) is 0 Å². The fourth-order valence-corrected chi connectivity index (χ4v) is 3.63. The summed E-state index contributed by atoms with van der Waals surface area (Å²) in [5, 5.41) is 20.3. The fourth-order valence-electron chi connectivity index (χ4n) is 3.11. The van der Waals surface area contributed by atoms with E-state index < -0.39 is 33.8 Å². The number of thiocarbonyl (C=S) groups is 1. The summed E-state index contributed by atoms with van der Waals surface area (Å²) in [5.74, 6) is -0.609. The summed E-state index contributed by atoms with van der Waals surface area (Å²) in [6.07, 6.45) is -4.99. The number of rotatable bonds is 3. The third kappa shape index (κ3) is 3.37. The standard InChI is InChI=1S/C18H14F3N3O4S/c1-17(2)15(26)22(16(29)23(17)10-3-6-12(25)7-4-10)11-5-8-14(24(27)28)13(9-11)18(19,20)21/h3-9,25H,1-2H3. The number of benzene rings is 2. The number of halogens is 3. The van der Waals surface area contributed by atoms with Crippen LogP contribution in [0.15, 0.2) is 42.5 Å². The van der Waals surface area contributed by atoms with E-state index in [9.17, 15) is 33.2 Å². The van der Waals surface area contributed by atoms with Crippen molar-refractivity contribution in [3.8, 4) is 5.75 Å². The number of phenolic OH excluding ortho intramolecular Hbond substituents is 1. The molecule has 1 amide bonds. The van der Waals surface area contributed by atoms with Crippen molar-refractivity contribution in [1.82, 2.24) is 0 Å². The first kappa shape index (κ1) is 20.5. The second-order valence-corrected chi connectivity index (χ2v) is 7.16. The van der Waals surface area contributed by atoms with Crippen LogP contribution in [0.1, 0.15) is 19.4 Å². The number of aromatic hydroxyl groups is 1. The molecule has 2 aromatic rings. The third-order valence-corrected chi connectivity index (χ3v) is 4.88. The summed E-state index contributed by atoms with van der Waals surface area (Å²) < 4.78 is 40.0. The summed E-state index contributed by atoms with van der Waals surface area (Å²) in [4.78, 5) is 25.2. The van der Waals surface area contributed by atoms with Crippen LogP contribution in [0, 0.1) is 10.1 Å². The lowest BCUT2D eigenvalue weighted by molar-refractivity contribution is -0.388. The minimum Gasteiger partial charge on any atom is -0.508 e. The number of phenols is 1. The molecule has 1 fully saturated rings. The summed E-state index contributed by atoms with van der Waals surface area (Å²) in [6, 6.07) is 8.08. The van der Waals surface area contributed by atoms with Gasteiger partial charge in [-0.25, -0.2) is 0 Å². The Hall–Kier alpha value is -3.21. The fraction of sp³-hybridized carbons (Fsp3) is 0.222. The number of nitro groups is 1. The average Bonchev–Trinajstić information content (AvgIpc) is 2.79. The second-order valence-electron chi connectivity index (χ2n) is 6.79. The first-order chi connectivity index (χ1) is 13.4. The lowest BCUT2D eigenvalue weighted by atomic mass is 10.0. The number of carbonyl (C=O) groups excluding carboxylic acids is 1. The maximum atomic E-state index is 13.3. The normalized spacial score (nSPS) is 16.4. The van der Waals surface area contributed by atoms with E-state index in [4.69, 9.17) is 12.2 Å². The van der Waals surface area contributed by atoms with E-state index in [0.29, 0.717) is 17.8 Å². The molecule has 1 saturated heterocycles. The molecular weight excluding hydrogens is 411 g/mol. The molecule has 11 heteroatoms. The van der Waals surface area contributed by atoms with Crippen LogP contribution in [-0.2, 0) is 11.0 Å². The molecule has 0 spiro atoms. The van der Waals surface area contributed by atoms with Gasteiger partial charge in [0, 0.05) is 11.8 Å². The van der Waals surface area contributed by atoms with Crippen LogP contribution in [0.2, 0.25) is 0 Å². The van der Waals surface area contributed by atoms with Gasteiger partial charge < -0.3 is 10.0 Å². The third-order valence-electron chi connectivity index (χ3n) is 4.52. The predicted octanol–water partition coefficient (Wildman–Crippen LogP) is 4.24. The monoisotopic (exact) mass is 425 g/mol. The quantitative estimate of drug-likeness (QED) is 0.450. The van der Waals surface area contributed by atoms with E-state index in [0.717, 1.165) is 11.0 Å². The molecule has 0 atom stereocenters. The molecule has 152 valence electrons. The van der Waals surface area contributed by atoms with Gasteiger partial charge >= 0.3 is 6.18 Å². The highest BCUT2D eigenvalue weighted by molar-refractivity contribution is 7.81. The smallest absolute Gasteiger partial charge is 0.423 e. The molecule has 0 radical (unpaired) electrons. The Morgan fingerprint density at radius 3 is 2.17 bits per heavy atom. The minimum atomic E-state index is -4.99. The average molecular weight is 425 g/mol. The molecule has 0 saturated carbocycles. The van der Waals surface area contributed by atoms with E-state index in [-0.39, 0.29) is 16.5 Å².